The lowest BCUT2D eigenvalue weighted by atomic mass is 10.1. The van der Waals surface area contributed by atoms with Crippen LogP contribution in [0.15, 0.2) is 28.0 Å². The molecule has 1 aromatic rings. The van der Waals surface area contributed by atoms with Gasteiger partial charge in [-0.15, -0.1) is 11.8 Å². The van der Waals surface area contributed by atoms with Gasteiger partial charge in [0.05, 0.1) is 26.4 Å². The van der Waals surface area contributed by atoms with E-state index in [1.165, 1.54) is 12.3 Å². The topological polar surface area (TPSA) is 86.5 Å². The van der Waals surface area contributed by atoms with E-state index in [4.69, 9.17) is 0 Å². The molecule has 1 aromatic carbocycles. The Morgan fingerprint density at radius 3 is 2.27 bits per heavy atom. The first-order valence-electron chi connectivity index (χ1n) is 7.36. The lowest BCUT2D eigenvalue weighted by molar-refractivity contribution is -0.387. The molecule has 0 aliphatic heterocycles. The van der Waals surface area contributed by atoms with Crippen molar-refractivity contribution >= 4 is 34.2 Å². The van der Waals surface area contributed by atoms with Gasteiger partial charge < -0.3 is 4.74 Å². The van der Waals surface area contributed by atoms with Gasteiger partial charge in [-0.1, -0.05) is 0 Å². The molecular weight excluding hydrogens is 478 g/mol. The van der Waals surface area contributed by atoms with E-state index in [2.05, 4.69) is 4.74 Å². The van der Waals surface area contributed by atoms with Crippen LogP contribution in [0.1, 0.15) is 0 Å². The number of thioether (sulfide) groups is 1. The van der Waals surface area contributed by atoms with Crippen LogP contribution in [0.3, 0.4) is 0 Å². The lowest BCUT2D eigenvalue weighted by Gasteiger charge is -2.31. The van der Waals surface area contributed by atoms with E-state index in [1.54, 1.807) is 0 Å². The minimum absolute atomic E-state index is 0.0652. The van der Waals surface area contributed by atoms with E-state index < -0.39 is 63.9 Å². The summed E-state index contributed by atoms with van der Waals surface area (Å²) in [5, 5.41) is 11.0. The fourth-order valence-corrected chi connectivity index (χ4v) is 3.10. The van der Waals surface area contributed by atoms with Crippen molar-refractivity contribution in [2.24, 2.45) is 0 Å². The van der Waals surface area contributed by atoms with Gasteiger partial charge in [-0.2, -0.15) is 26.3 Å². The Balaban J connectivity index is 2.83. The van der Waals surface area contributed by atoms with Crippen LogP contribution in [0.25, 0.3) is 0 Å². The maximum absolute atomic E-state index is 13.3. The van der Waals surface area contributed by atoms with Crippen molar-refractivity contribution in [1.29, 1.82) is 0 Å². The van der Waals surface area contributed by atoms with E-state index in [-0.39, 0.29) is 9.79 Å². The van der Waals surface area contributed by atoms with Crippen LogP contribution in [0, 0.1) is 10.1 Å². The largest absolute Gasteiger partial charge is 0.458 e. The maximum Gasteiger partial charge on any atom is 0.381 e. The maximum atomic E-state index is 13.3. The highest BCUT2D eigenvalue weighted by Crippen LogP contribution is 2.48. The van der Waals surface area contributed by atoms with Gasteiger partial charge >= 0.3 is 30.2 Å². The summed E-state index contributed by atoms with van der Waals surface area (Å²) in [6.45, 7) is -2.63. The average molecular weight is 489 g/mol. The summed E-state index contributed by atoms with van der Waals surface area (Å²) >= 11 is 0.357. The Morgan fingerprint density at radius 1 is 1.23 bits per heavy atom. The Bertz CT molecular complexity index is 837. The second-order valence-corrected chi connectivity index (χ2v) is 7.89. The van der Waals surface area contributed by atoms with Crippen LogP contribution in [0.4, 0.5) is 40.8 Å². The molecule has 170 valence electrons. The average Bonchev–Trinajstić information content (AvgIpc) is 2.63. The number of benzene rings is 1. The first kappa shape index (κ1) is 26.1. The molecule has 0 bridgehead atoms. The van der Waals surface area contributed by atoms with Gasteiger partial charge in [0.2, 0.25) is 0 Å². The summed E-state index contributed by atoms with van der Waals surface area (Å²) in [5.41, 5.74) is -0.603. The molecule has 6 nitrogen and oxygen atoms in total. The van der Waals surface area contributed by atoms with Gasteiger partial charge in [-0.05, 0) is 12.1 Å². The Morgan fingerprint density at radius 2 is 1.80 bits per heavy atom. The minimum atomic E-state index is -6.52. The van der Waals surface area contributed by atoms with Gasteiger partial charge in [-0.3, -0.25) is 19.1 Å². The number of halogens is 8. The number of nitrogens with zero attached hydrogens (tertiary/aromatic N) is 1. The fourth-order valence-electron chi connectivity index (χ4n) is 1.76. The predicted octanol–water partition coefficient (Wildman–Crippen LogP) is 4.14. The third-order valence-electron chi connectivity index (χ3n) is 3.37. The third-order valence-corrected chi connectivity index (χ3v) is 5.33. The number of hydrogen-bond donors (Lipinski definition) is 0. The third kappa shape index (κ3) is 5.59. The molecule has 1 unspecified atom stereocenters. The van der Waals surface area contributed by atoms with E-state index in [0.29, 0.717) is 11.8 Å². The van der Waals surface area contributed by atoms with Crippen LogP contribution in [0.5, 0.6) is 0 Å². The van der Waals surface area contributed by atoms with Gasteiger partial charge in [0.25, 0.3) is 5.69 Å². The molecule has 0 aliphatic rings. The highest BCUT2D eigenvalue weighted by atomic mass is 32.2. The molecule has 0 fully saturated rings. The Kier molecular flexibility index (Phi) is 8.21. The molecule has 0 N–H and O–H groups in total. The summed E-state index contributed by atoms with van der Waals surface area (Å²) in [5.74, 6) is -21.3. The van der Waals surface area contributed by atoms with Crippen LogP contribution in [-0.4, -0.2) is 57.9 Å². The molecule has 0 saturated carbocycles. The normalized spacial score (nSPS) is 13.9. The second-order valence-electron chi connectivity index (χ2n) is 5.49. The number of nitro benzene ring substituents is 1. The molecule has 30 heavy (non-hydrogen) atoms. The van der Waals surface area contributed by atoms with Crippen molar-refractivity contribution in [3.63, 3.8) is 0 Å². The Hall–Kier alpha value is -1.97. The molecule has 0 heterocycles. The molecule has 0 aliphatic carbocycles. The smallest absolute Gasteiger partial charge is 0.381 e. The first-order valence-corrected chi connectivity index (χ1v) is 9.91. The van der Waals surface area contributed by atoms with Gasteiger partial charge in [0.1, 0.15) is 0 Å². The molecule has 0 amide bonds. The monoisotopic (exact) mass is 489 g/mol. The second kappa shape index (κ2) is 9.45. The number of carbonyl (C=O) groups excluding carboxylic acids is 1. The molecule has 16 heteroatoms. The van der Waals surface area contributed by atoms with Gasteiger partial charge in [0.15, 0.2) is 6.61 Å². The van der Waals surface area contributed by atoms with Gasteiger partial charge in [-0.25, -0.2) is 8.78 Å². The summed E-state index contributed by atoms with van der Waals surface area (Å²) in [6, 6.07) is 3.21. The van der Waals surface area contributed by atoms with E-state index in [9.17, 15) is 54.2 Å². The summed E-state index contributed by atoms with van der Waals surface area (Å²) in [4.78, 5) is 21.4. The van der Waals surface area contributed by atoms with Crippen LogP contribution < -0.4 is 0 Å². The molecule has 0 saturated heterocycles. The zero-order valence-electron chi connectivity index (χ0n) is 14.6. The highest BCUT2D eigenvalue weighted by Gasteiger charge is 2.75. The molecule has 1 rings (SSSR count). The highest BCUT2D eigenvalue weighted by molar-refractivity contribution is 8.00. The number of ether oxygens (including phenoxy) is 1. The SMILES string of the molecule is CS(=O)c1ccc(SCC(=O)OCC(F)(F)C(F)(F)C(F)(F)C(F)F)c([N+](=O)[O-])c1. The van der Waals surface area contributed by atoms with Crippen LogP contribution in [-0.2, 0) is 20.3 Å². The molecule has 0 radical (unpaired) electrons. The predicted molar refractivity (Wildman–Crippen MR) is 88.0 cm³/mol. The van der Waals surface area contributed by atoms with Crippen LogP contribution >= 0.6 is 11.8 Å². The van der Waals surface area contributed by atoms with Gasteiger partial charge in [0, 0.05) is 17.2 Å². The van der Waals surface area contributed by atoms with Crippen molar-refractivity contribution in [3.05, 3.63) is 28.3 Å². The van der Waals surface area contributed by atoms with Crippen molar-refractivity contribution in [1.82, 2.24) is 0 Å². The quantitative estimate of drug-likeness (QED) is 0.162. The fraction of sp³-hybridized carbons (Fsp3) is 0.500. The van der Waals surface area contributed by atoms with E-state index in [0.717, 1.165) is 12.1 Å². The lowest BCUT2D eigenvalue weighted by Crippen LogP contribution is -2.59. The van der Waals surface area contributed by atoms with E-state index in [1.807, 2.05) is 0 Å². The van der Waals surface area contributed by atoms with Crippen molar-refractivity contribution < 1.29 is 53.8 Å². The molecule has 1 atom stereocenters. The molecular formula is C14H11F8NO5S2. The molecule has 0 spiro atoms. The van der Waals surface area contributed by atoms with Crippen molar-refractivity contribution in [3.8, 4) is 0 Å². The zero-order valence-corrected chi connectivity index (χ0v) is 16.2. The Labute approximate surface area is 169 Å². The standard InChI is InChI=1S/C14H11F8NO5S2/c1-30(27)7-2-3-9(8(4-7)23(25)26)29-5-10(24)28-6-12(17,18)14(21,22)13(19,20)11(15)16/h2-4,11H,5-6H2,1H3. The summed E-state index contributed by atoms with van der Waals surface area (Å²) in [7, 11) is -1.58. The minimum Gasteiger partial charge on any atom is -0.458 e. The van der Waals surface area contributed by atoms with Crippen LogP contribution in [0.2, 0.25) is 0 Å². The zero-order chi connectivity index (χ0) is 23.5. The number of esters is 1. The number of rotatable bonds is 10. The summed E-state index contributed by atoms with van der Waals surface area (Å²) in [6.07, 6.45) is -3.87. The number of alkyl halides is 8. The van der Waals surface area contributed by atoms with Crippen molar-refractivity contribution in [2.75, 3.05) is 18.6 Å². The number of nitro groups is 1. The number of carbonyl (C=O) groups is 1. The number of hydrogen-bond acceptors (Lipinski definition) is 6. The molecule has 0 aromatic heterocycles. The summed E-state index contributed by atoms with van der Waals surface area (Å²) < 4.78 is 117. The van der Waals surface area contributed by atoms with E-state index >= 15 is 0 Å². The first-order chi connectivity index (χ1) is 13.5. The van der Waals surface area contributed by atoms with Crippen molar-refractivity contribution in [2.45, 2.75) is 34.0 Å².